The van der Waals surface area contributed by atoms with Crippen LogP contribution in [0.3, 0.4) is 0 Å². The number of likely N-dealkylation sites (tertiary alicyclic amines) is 2. The van der Waals surface area contributed by atoms with Crippen molar-refractivity contribution in [2.45, 2.75) is 121 Å². The molecule has 60 heavy (non-hydrogen) atoms. The van der Waals surface area contributed by atoms with Gasteiger partial charge in [0.15, 0.2) is 0 Å². The summed E-state index contributed by atoms with van der Waals surface area (Å²) in [6, 6.07) is 9.14. The molecule has 12 nitrogen and oxygen atoms in total. The molecule has 3 N–H and O–H groups in total. The Morgan fingerprint density at radius 3 is 1.73 bits per heavy atom. The number of carbonyl (C=O) groups excluding carboxylic acids is 3. The Bertz CT molecular complexity index is 2310. The van der Waals surface area contributed by atoms with Crippen LogP contribution in [0.25, 0.3) is 33.6 Å². The van der Waals surface area contributed by atoms with E-state index in [1.807, 2.05) is 49.6 Å². The Hall–Kier alpha value is -5.11. The number of aromatic amines is 2. The number of ether oxygens (including phenoxy) is 2. The number of hydrogen-bond acceptors (Lipinski definition) is 7. The van der Waals surface area contributed by atoms with E-state index in [9.17, 15) is 14.4 Å². The first-order valence-electron chi connectivity index (χ1n) is 21.6. The summed E-state index contributed by atoms with van der Waals surface area (Å²) in [5.74, 6) is -1.87. The summed E-state index contributed by atoms with van der Waals surface area (Å²) >= 11 is 0. The van der Waals surface area contributed by atoms with Crippen molar-refractivity contribution >= 4 is 17.9 Å². The van der Waals surface area contributed by atoms with E-state index in [2.05, 4.69) is 15.3 Å². The molecule has 4 fully saturated rings. The van der Waals surface area contributed by atoms with Crippen LogP contribution in [0.5, 0.6) is 0 Å². The molecule has 2 aromatic heterocycles. The largest absolute Gasteiger partial charge is 0.453 e. The van der Waals surface area contributed by atoms with E-state index in [-0.39, 0.29) is 65.0 Å². The summed E-state index contributed by atoms with van der Waals surface area (Å²) in [7, 11) is 2.90. The zero-order chi connectivity index (χ0) is 42.2. The van der Waals surface area contributed by atoms with Crippen LogP contribution in [-0.2, 0) is 25.0 Å². The number of hydrogen-bond donors (Lipinski definition) is 3. The van der Waals surface area contributed by atoms with E-state index < -0.39 is 18.1 Å². The van der Waals surface area contributed by atoms with Crippen molar-refractivity contribution in [1.29, 1.82) is 0 Å². The lowest BCUT2D eigenvalue weighted by molar-refractivity contribution is -0.142. The van der Waals surface area contributed by atoms with Gasteiger partial charge in [0.25, 0.3) is 5.92 Å². The van der Waals surface area contributed by atoms with E-state index in [0.29, 0.717) is 57.1 Å². The van der Waals surface area contributed by atoms with Gasteiger partial charge in [-0.3, -0.25) is 9.59 Å². The Balaban J connectivity index is 0.963. The molecular formula is C46H55F2N7O5. The molecule has 0 radical (unpaired) electrons. The molecule has 9 atom stereocenters. The minimum atomic E-state index is -3.27. The summed E-state index contributed by atoms with van der Waals surface area (Å²) in [5, 5.41) is 2.73. The Morgan fingerprint density at radius 1 is 0.767 bits per heavy atom. The van der Waals surface area contributed by atoms with E-state index >= 15 is 8.78 Å². The second kappa shape index (κ2) is 15.4. The van der Waals surface area contributed by atoms with Crippen molar-refractivity contribution in [3.05, 3.63) is 71.6 Å². The molecule has 0 bridgehead atoms. The van der Waals surface area contributed by atoms with Gasteiger partial charge in [-0.25, -0.2) is 14.8 Å². The smallest absolute Gasteiger partial charge is 0.407 e. The second-order valence-electron chi connectivity index (χ2n) is 18.1. The number of halogens is 2. The molecule has 4 heterocycles. The first-order chi connectivity index (χ1) is 28.8. The van der Waals surface area contributed by atoms with Crippen LogP contribution in [0.2, 0.25) is 0 Å². The lowest BCUT2D eigenvalue weighted by Gasteiger charge is -2.33. The summed E-state index contributed by atoms with van der Waals surface area (Å²) < 4.78 is 43.6. The number of H-pyrrole nitrogens is 2. The molecule has 0 unspecified atom stereocenters. The minimum absolute atomic E-state index is 0.0345. The number of carbonyl (C=O) groups is 3. The van der Waals surface area contributed by atoms with Crippen molar-refractivity contribution in [3.8, 4) is 33.6 Å². The summed E-state index contributed by atoms with van der Waals surface area (Å²) in [4.78, 5) is 60.5. The van der Waals surface area contributed by atoms with Gasteiger partial charge in [-0.1, -0.05) is 57.9 Å². The zero-order valence-corrected chi connectivity index (χ0v) is 35.1. The number of rotatable bonds is 10. The van der Waals surface area contributed by atoms with Crippen molar-refractivity contribution in [3.63, 3.8) is 0 Å². The van der Waals surface area contributed by atoms with Crippen molar-refractivity contribution in [1.82, 2.24) is 35.1 Å². The molecule has 4 aromatic rings. The zero-order valence-electron chi connectivity index (χ0n) is 35.1. The van der Waals surface area contributed by atoms with Gasteiger partial charge in [-0.2, -0.15) is 8.78 Å². The number of alkyl halides is 2. The van der Waals surface area contributed by atoms with Gasteiger partial charge in [0.1, 0.15) is 17.7 Å². The van der Waals surface area contributed by atoms with Crippen LogP contribution < -0.4 is 5.32 Å². The molecule has 2 aromatic carbocycles. The lowest BCUT2D eigenvalue weighted by atomic mass is 10.0. The van der Waals surface area contributed by atoms with Crippen LogP contribution in [0, 0.1) is 23.7 Å². The molecule has 2 aliphatic heterocycles. The third-order valence-corrected chi connectivity index (χ3v) is 14.5. The number of nitrogens with one attached hydrogen (secondary N) is 3. The molecule has 3 aliphatic carbocycles. The predicted molar refractivity (Wildman–Crippen MR) is 221 cm³/mol. The molecule has 318 valence electrons. The SMILES string of the molecule is COC(=O)N[C@H](C(=O)N1[C@H](c2ncc(-c3ccc4c(c3)C(F)(F)c3cc(-c5cnc([C@@H]6C[C@H]7CCC[C@H]7N6C(=O)[C@@H](C)[C@@H](C)OC)[nH]5)ccc3-4)[nH]2)C[C@@H]2CCC[C@@H]21)C(C)C. The highest BCUT2D eigenvalue weighted by molar-refractivity contribution is 5.87. The van der Waals surface area contributed by atoms with Gasteiger partial charge in [0, 0.05) is 41.4 Å². The molecule has 9 rings (SSSR count). The fraction of sp³-hybridized carbons (Fsp3) is 0.543. The fourth-order valence-electron chi connectivity index (χ4n) is 11.1. The number of methoxy groups -OCH3 is 2. The van der Waals surface area contributed by atoms with E-state index in [0.717, 1.165) is 51.4 Å². The molecule has 5 aliphatic rings. The number of benzene rings is 2. The van der Waals surface area contributed by atoms with Crippen molar-refractivity contribution in [2.24, 2.45) is 23.7 Å². The maximum atomic E-state index is 16.6. The predicted octanol–water partition coefficient (Wildman–Crippen LogP) is 8.52. The summed E-state index contributed by atoms with van der Waals surface area (Å²) in [6.45, 7) is 7.61. The van der Waals surface area contributed by atoms with E-state index in [4.69, 9.17) is 19.4 Å². The molecule has 2 saturated carbocycles. The number of alkyl carbamates (subject to hydrolysis) is 1. The monoisotopic (exact) mass is 823 g/mol. The van der Waals surface area contributed by atoms with E-state index in [1.54, 1.807) is 37.7 Å². The van der Waals surface area contributed by atoms with Gasteiger partial charge >= 0.3 is 6.09 Å². The third-order valence-electron chi connectivity index (χ3n) is 14.5. The number of aromatic nitrogens is 4. The topological polar surface area (TPSA) is 146 Å². The van der Waals surface area contributed by atoms with Crippen LogP contribution >= 0.6 is 0 Å². The van der Waals surface area contributed by atoms with Crippen LogP contribution in [0.15, 0.2) is 48.8 Å². The van der Waals surface area contributed by atoms with Crippen molar-refractivity contribution < 1.29 is 32.6 Å². The molecule has 0 spiro atoms. The average Bonchev–Trinajstić information content (AvgIpc) is 4.10. The Kier molecular flexibility index (Phi) is 10.4. The summed E-state index contributed by atoms with van der Waals surface area (Å²) in [5.41, 5.74) is 3.16. The average molecular weight is 824 g/mol. The first kappa shape index (κ1) is 40.3. The van der Waals surface area contributed by atoms with Crippen molar-refractivity contribution in [2.75, 3.05) is 14.2 Å². The maximum absolute atomic E-state index is 16.6. The highest BCUT2D eigenvalue weighted by Gasteiger charge is 2.51. The van der Waals surface area contributed by atoms with Gasteiger partial charge < -0.3 is 34.6 Å². The molecular weight excluding hydrogens is 769 g/mol. The van der Waals surface area contributed by atoms with Gasteiger partial charge in [-0.15, -0.1) is 0 Å². The quantitative estimate of drug-likeness (QED) is 0.145. The highest BCUT2D eigenvalue weighted by atomic mass is 19.3. The molecule has 2 saturated heterocycles. The van der Waals surface area contributed by atoms with Gasteiger partial charge in [-0.05, 0) is 86.5 Å². The number of nitrogens with zero attached hydrogens (tertiary/aromatic N) is 4. The Morgan fingerprint density at radius 2 is 1.27 bits per heavy atom. The number of amides is 3. The van der Waals surface area contributed by atoms with Gasteiger partial charge in [0.2, 0.25) is 11.8 Å². The normalized spacial score (nSPS) is 26.4. The standard InChI is InChI=1S/C46H55F2N7O5/c1-23(2)40(53-45(58)60-6)44(57)55-37-12-8-10-29(37)20-39(55)42-50-22-35(52-42)27-14-16-31-30-15-13-26(17-32(30)46(47,48)33(31)18-27)34-21-49-41(51-34)38-19-28-9-7-11-36(28)54(38)43(56)24(3)25(4)59-5/h13-18,21-25,28-29,36-40H,7-12,19-20H2,1-6H3,(H,49,51)(H,50,52)(H,53,58)/t24-,25+,28+,29-,36+,37-,38-,39-,40-/m0/s1. The minimum Gasteiger partial charge on any atom is -0.453 e. The van der Waals surface area contributed by atoms with Crippen LogP contribution in [0.4, 0.5) is 13.6 Å². The molecule has 3 amide bonds. The first-order valence-corrected chi connectivity index (χ1v) is 21.6. The van der Waals surface area contributed by atoms with Crippen LogP contribution in [0.1, 0.15) is 114 Å². The Labute approximate surface area is 349 Å². The van der Waals surface area contributed by atoms with E-state index in [1.165, 1.54) is 13.2 Å². The number of fused-ring (bicyclic) bond motifs is 5. The maximum Gasteiger partial charge on any atom is 0.407 e. The molecule has 14 heteroatoms. The number of imidazole rings is 2. The second-order valence-corrected chi connectivity index (χ2v) is 18.1. The van der Waals surface area contributed by atoms with Gasteiger partial charge in [0.05, 0.1) is 55.0 Å². The summed E-state index contributed by atoms with van der Waals surface area (Å²) in [6.07, 6.45) is 10.1. The third kappa shape index (κ3) is 6.60. The van der Waals surface area contributed by atoms with Crippen LogP contribution in [-0.4, -0.2) is 86.1 Å². The fourth-order valence-corrected chi connectivity index (χ4v) is 11.1. The highest BCUT2D eigenvalue weighted by Crippen LogP contribution is 2.54. The lowest BCUT2D eigenvalue weighted by Crippen LogP contribution is -2.53.